The molecule has 2 aliphatic carbocycles. The number of allylic oxidation sites excluding steroid dienone is 1. The number of hydrogen-bond donors (Lipinski definition) is 0. The van der Waals surface area contributed by atoms with Crippen LogP contribution in [0.5, 0.6) is 0 Å². The van der Waals surface area contributed by atoms with Crippen molar-refractivity contribution in [1.29, 1.82) is 0 Å². The fraction of sp³-hybridized carbons (Fsp3) is 0.783. The Morgan fingerprint density at radius 1 is 1.11 bits per heavy atom. The van der Waals surface area contributed by atoms with Crippen LogP contribution in [0.25, 0.3) is 0 Å². The second kappa shape index (κ2) is 7.33. The molecular formula is C23H42O3Si2. The molecule has 0 unspecified atom stereocenters. The molecule has 0 aromatic heterocycles. The van der Waals surface area contributed by atoms with Gasteiger partial charge in [0, 0.05) is 6.42 Å². The van der Waals surface area contributed by atoms with E-state index in [0.717, 1.165) is 12.8 Å². The van der Waals surface area contributed by atoms with E-state index in [1.807, 2.05) is 12.2 Å². The molecule has 0 bridgehead atoms. The minimum absolute atomic E-state index is 0.102. The minimum Gasteiger partial charge on any atom is -0.408 e. The lowest BCUT2D eigenvalue weighted by molar-refractivity contribution is -0.114. The van der Waals surface area contributed by atoms with Crippen LogP contribution in [0.2, 0.25) is 36.3 Å². The predicted molar refractivity (Wildman–Crippen MR) is 124 cm³/mol. The minimum atomic E-state index is -2.04. The van der Waals surface area contributed by atoms with Crippen molar-refractivity contribution in [3.8, 4) is 0 Å². The van der Waals surface area contributed by atoms with Crippen molar-refractivity contribution in [2.24, 2.45) is 5.92 Å². The van der Waals surface area contributed by atoms with Crippen molar-refractivity contribution in [3.05, 3.63) is 24.3 Å². The van der Waals surface area contributed by atoms with Gasteiger partial charge < -0.3 is 8.85 Å². The van der Waals surface area contributed by atoms with Crippen LogP contribution in [0.1, 0.15) is 60.8 Å². The number of rotatable bonds is 6. The summed E-state index contributed by atoms with van der Waals surface area (Å²) in [5.41, 5.74) is 0.771. The topological polar surface area (TPSA) is 35.5 Å². The smallest absolute Gasteiger partial charge is 0.193 e. The molecule has 0 aromatic rings. The number of fused-ring (bicyclic) bond motifs is 1. The highest BCUT2D eigenvalue weighted by Gasteiger charge is 2.58. The first-order chi connectivity index (χ1) is 12.5. The van der Waals surface area contributed by atoms with Gasteiger partial charge in [-0.2, -0.15) is 0 Å². The number of carbonyl (C=O) groups is 1. The van der Waals surface area contributed by atoms with Crippen LogP contribution in [0.4, 0.5) is 0 Å². The first kappa shape index (κ1) is 23.8. The molecule has 0 N–H and O–H groups in total. The summed E-state index contributed by atoms with van der Waals surface area (Å²) in [6.07, 6.45) is 5.94. The highest BCUT2D eigenvalue weighted by Crippen LogP contribution is 2.54. The zero-order chi connectivity index (χ0) is 21.8. The molecule has 2 rings (SSSR count). The summed E-state index contributed by atoms with van der Waals surface area (Å²) in [7, 11) is -4.07. The highest BCUT2D eigenvalue weighted by atomic mass is 28.4. The molecule has 1 fully saturated rings. The number of carbonyl (C=O) groups excluding carboxylic acids is 1. The van der Waals surface area contributed by atoms with Gasteiger partial charge in [-0.1, -0.05) is 47.6 Å². The van der Waals surface area contributed by atoms with Gasteiger partial charge in [-0.3, -0.25) is 4.79 Å². The Balaban J connectivity index is 2.54. The number of hydrogen-bond acceptors (Lipinski definition) is 3. The fourth-order valence-electron chi connectivity index (χ4n) is 3.91. The van der Waals surface area contributed by atoms with E-state index in [9.17, 15) is 4.79 Å². The van der Waals surface area contributed by atoms with Gasteiger partial charge in [-0.15, -0.1) is 6.58 Å². The summed E-state index contributed by atoms with van der Waals surface area (Å²) >= 11 is 0. The molecule has 2 aliphatic rings. The lowest BCUT2D eigenvalue weighted by Gasteiger charge is -2.49. The van der Waals surface area contributed by atoms with E-state index in [-0.39, 0.29) is 27.9 Å². The monoisotopic (exact) mass is 422 g/mol. The van der Waals surface area contributed by atoms with Crippen molar-refractivity contribution in [2.45, 2.75) is 109 Å². The molecular weight excluding hydrogens is 380 g/mol. The van der Waals surface area contributed by atoms with Crippen LogP contribution in [0.3, 0.4) is 0 Å². The molecule has 0 aromatic carbocycles. The molecule has 0 aliphatic heterocycles. The van der Waals surface area contributed by atoms with E-state index in [4.69, 9.17) is 8.85 Å². The largest absolute Gasteiger partial charge is 0.408 e. The first-order valence-corrected chi connectivity index (χ1v) is 16.5. The van der Waals surface area contributed by atoms with Gasteiger partial charge in [0.05, 0.1) is 11.7 Å². The second-order valence-electron chi connectivity index (χ2n) is 11.9. The van der Waals surface area contributed by atoms with Gasteiger partial charge in [-0.05, 0) is 66.7 Å². The second-order valence-corrected chi connectivity index (χ2v) is 21.4. The summed E-state index contributed by atoms with van der Waals surface area (Å²) in [5, 5.41) is 0.218. The van der Waals surface area contributed by atoms with Crippen molar-refractivity contribution in [2.75, 3.05) is 0 Å². The Morgan fingerprint density at radius 2 is 1.64 bits per heavy atom. The van der Waals surface area contributed by atoms with Crippen LogP contribution < -0.4 is 0 Å². The lowest BCUT2D eigenvalue weighted by atomic mass is 9.93. The Kier molecular flexibility index (Phi) is 6.22. The Bertz CT molecular complexity index is 664. The summed E-state index contributed by atoms with van der Waals surface area (Å²) in [4.78, 5) is 12.2. The van der Waals surface area contributed by atoms with E-state index >= 15 is 0 Å². The average molecular weight is 423 g/mol. The van der Waals surface area contributed by atoms with Crippen molar-refractivity contribution in [3.63, 3.8) is 0 Å². The van der Waals surface area contributed by atoms with E-state index in [1.54, 1.807) is 0 Å². The normalized spacial score (nSPS) is 29.1. The maximum atomic E-state index is 12.2. The molecule has 0 heterocycles. The Labute approximate surface area is 175 Å². The van der Waals surface area contributed by atoms with E-state index in [0.29, 0.717) is 6.42 Å². The van der Waals surface area contributed by atoms with Crippen LogP contribution in [0.15, 0.2) is 24.3 Å². The molecule has 0 saturated heterocycles. The third-order valence-corrected chi connectivity index (χ3v) is 16.6. The van der Waals surface area contributed by atoms with Crippen molar-refractivity contribution in [1.82, 2.24) is 0 Å². The van der Waals surface area contributed by atoms with Crippen molar-refractivity contribution < 1.29 is 13.6 Å². The third kappa shape index (κ3) is 4.32. The molecule has 3 atom stereocenters. The third-order valence-electron chi connectivity index (χ3n) is 7.59. The first-order valence-electron chi connectivity index (χ1n) is 10.7. The maximum absolute atomic E-state index is 12.2. The summed E-state index contributed by atoms with van der Waals surface area (Å²) in [6, 6.07) is 0. The Hall–Kier alpha value is -0.496. The highest BCUT2D eigenvalue weighted by molar-refractivity contribution is 6.74. The van der Waals surface area contributed by atoms with E-state index in [1.165, 1.54) is 5.57 Å². The fourth-order valence-corrected chi connectivity index (χ4v) is 6.80. The summed E-state index contributed by atoms with van der Waals surface area (Å²) < 4.78 is 14.2. The number of ketones is 1. The summed E-state index contributed by atoms with van der Waals surface area (Å²) in [5.74, 6) is 0.496. The molecule has 0 spiro atoms. The molecule has 1 saturated carbocycles. The predicted octanol–water partition coefficient (Wildman–Crippen LogP) is 6.63. The van der Waals surface area contributed by atoms with Gasteiger partial charge in [0.25, 0.3) is 0 Å². The van der Waals surface area contributed by atoms with Crippen LogP contribution in [0, 0.1) is 5.92 Å². The van der Waals surface area contributed by atoms with Gasteiger partial charge in [0.2, 0.25) is 0 Å². The average Bonchev–Trinajstić information content (AvgIpc) is 2.92. The van der Waals surface area contributed by atoms with Crippen LogP contribution >= 0.6 is 0 Å². The zero-order valence-corrected chi connectivity index (χ0v) is 21.9. The zero-order valence-electron chi connectivity index (χ0n) is 19.9. The lowest BCUT2D eigenvalue weighted by Crippen LogP contribution is -2.57. The molecule has 3 nitrogen and oxygen atoms in total. The van der Waals surface area contributed by atoms with Crippen LogP contribution in [-0.4, -0.2) is 34.1 Å². The molecule has 160 valence electrons. The molecule has 5 heteroatoms. The van der Waals surface area contributed by atoms with E-state index < -0.39 is 22.2 Å². The van der Waals surface area contributed by atoms with Gasteiger partial charge >= 0.3 is 0 Å². The standard InChI is InChI=1S/C23H42O3Si2/c1-12-13-23(26-28(10,11)22(5,6)7)16-17-14-18(24)15-19(17)20(23)25-27(8,9)21(2,3)4/h12,15,17,20H,1,13-14,16H2,2-11H3/t17-,20-,23-/m1/s1. The molecule has 28 heavy (non-hydrogen) atoms. The van der Waals surface area contributed by atoms with Gasteiger partial charge in [0.1, 0.15) is 0 Å². The van der Waals surface area contributed by atoms with E-state index in [2.05, 4.69) is 74.3 Å². The van der Waals surface area contributed by atoms with Gasteiger partial charge in [-0.25, -0.2) is 0 Å². The quantitative estimate of drug-likeness (QED) is 0.356. The maximum Gasteiger partial charge on any atom is 0.193 e. The van der Waals surface area contributed by atoms with Gasteiger partial charge in [0.15, 0.2) is 22.4 Å². The van der Waals surface area contributed by atoms with Crippen molar-refractivity contribution >= 4 is 22.4 Å². The molecule has 0 amide bonds. The summed E-state index contributed by atoms with van der Waals surface area (Å²) in [6.45, 7) is 26.9. The van der Waals surface area contributed by atoms with Crippen LogP contribution in [-0.2, 0) is 13.6 Å². The SMILES string of the molecule is C=CC[C@@]1(O[Si](C)(C)C(C)(C)C)C[C@H]2CC(=O)C=C2[C@H]1O[Si](C)(C)C(C)(C)C. The molecule has 0 radical (unpaired) electrons. The Morgan fingerprint density at radius 3 is 2.11 bits per heavy atom.